The Morgan fingerprint density at radius 2 is 1.91 bits per heavy atom. The standard InChI is InChI=1S/C21H39N3O7Si/c1-12(2)20(4,5)32(9,10)31-19-15(23-24-22)17(28-13(3)18(25)26-8)16-14(29-19)11-27-21(6,7)30-16/h12-17,19H,11H2,1-10H3/t13-,14-,15-,16-,17-,19+/m1/s1. The van der Waals surface area contributed by atoms with Gasteiger partial charge in [-0.1, -0.05) is 32.8 Å². The van der Waals surface area contributed by atoms with Gasteiger partial charge in [0.15, 0.2) is 26.5 Å². The Labute approximate surface area is 192 Å². The van der Waals surface area contributed by atoms with Gasteiger partial charge in [0.05, 0.1) is 13.7 Å². The molecule has 0 N–H and O–H groups in total. The first-order chi connectivity index (χ1) is 14.7. The van der Waals surface area contributed by atoms with Crippen LogP contribution in [0.5, 0.6) is 0 Å². The molecule has 6 atom stereocenters. The Hall–Kier alpha value is -1.20. The first kappa shape index (κ1) is 27.0. The number of carbonyl (C=O) groups excluding carboxylic acids is 1. The van der Waals surface area contributed by atoms with Crippen LogP contribution in [0.4, 0.5) is 0 Å². The van der Waals surface area contributed by atoms with Crippen molar-refractivity contribution in [1.29, 1.82) is 0 Å². The zero-order valence-electron chi connectivity index (χ0n) is 20.9. The fraction of sp³-hybridized carbons (Fsp3) is 0.952. The predicted octanol–water partition coefficient (Wildman–Crippen LogP) is 4.15. The summed E-state index contributed by atoms with van der Waals surface area (Å²) in [5, 5.41) is 3.90. The lowest BCUT2D eigenvalue weighted by Crippen LogP contribution is -2.67. The van der Waals surface area contributed by atoms with Crippen LogP contribution >= 0.6 is 0 Å². The van der Waals surface area contributed by atoms with E-state index in [0.29, 0.717) is 5.92 Å². The van der Waals surface area contributed by atoms with Crippen molar-refractivity contribution < 1.29 is 32.9 Å². The van der Waals surface area contributed by atoms with Gasteiger partial charge in [-0.2, -0.15) is 0 Å². The number of hydrogen-bond donors (Lipinski definition) is 0. The quantitative estimate of drug-likeness (QED) is 0.171. The first-order valence-electron chi connectivity index (χ1n) is 11.1. The summed E-state index contributed by atoms with van der Waals surface area (Å²) >= 11 is 0. The summed E-state index contributed by atoms with van der Waals surface area (Å²) in [6, 6.07) is -0.864. The molecule has 0 saturated carbocycles. The lowest BCUT2D eigenvalue weighted by atomic mass is 9.95. The van der Waals surface area contributed by atoms with Crippen LogP contribution in [-0.2, 0) is 32.9 Å². The highest BCUT2D eigenvalue weighted by Gasteiger charge is 2.55. The third-order valence-electron chi connectivity index (χ3n) is 7.11. The molecule has 2 rings (SSSR count). The molecule has 2 heterocycles. The number of azide groups is 1. The fourth-order valence-electron chi connectivity index (χ4n) is 3.84. The van der Waals surface area contributed by atoms with E-state index in [1.807, 2.05) is 0 Å². The fourth-order valence-corrected chi connectivity index (χ4v) is 6.31. The zero-order valence-corrected chi connectivity index (χ0v) is 21.9. The van der Waals surface area contributed by atoms with Crippen molar-refractivity contribution in [2.24, 2.45) is 11.0 Å². The second-order valence-electron chi connectivity index (χ2n) is 10.3. The van der Waals surface area contributed by atoms with Gasteiger partial charge < -0.3 is 28.1 Å². The highest BCUT2D eigenvalue weighted by Crippen LogP contribution is 2.46. The second-order valence-corrected chi connectivity index (χ2v) is 14.8. The van der Waals surface area contributed by atoms with Crippen LogP contribution in [0, 0.1) is 5.92 Å². The highest BCUT2D eigenvalue weighted by atomic mass is 28.4. The van der Waals surface area contributed by atoms with Gasteiger partial charge in [0.25, 0.3) is 0 Å². The topological polar surface area (TPSA) is 121 Å². The van der Waals surface area contributed by atoms with Crippen molar-refractivity contribution in [1.82, 2.24) is 0 Å². The number of fused-ring (bicyclic) bond motifs is 1. The Bertz CT molecular complexity index is 724. The summed E-state index contributed by atoms with van der Waals surface area (Å²) in [6.45, 7) is 18.4. The van der Waals surface area contributed by atoms with Gasteiger partial charge in [-0.3, -0.25) is 0 Å². The van der Waals surface area contributed by atoms with Crippen molar-refractivity contribution in [3.63, 3.8) is 0 Å². The number of esters is 1. The van der Waals surface area contributed by atoms with Gasteiger partial charge >= 0.3 is 5.97 Å². The molecular weight excluding hydrogens is 434 g/mol. The molecule has 2 aliphatic heterocycles. The molecule has 2 aliphatic rings. The number of ether oxygens (including phenoxy) is 5. The van der Waals surface area contributed by atoms with Crippen LogP contribution in [0.3, 0.4) is 0 Å². The van der Waals surface area contributed by atoms with Crippen molar-refractivity contribution in [3.05, 3.63) is 10.4 Å². The Balaban J connectivity index is 2.43. The summed E-state index contributed by atoms with van der Waals surface area (Å²) in [6.07, 6.45) is -3.69. The van der Waals surface area contributed by atoms with E-state index in [-0.39, 0.29) is 11.6 Å². The maximum Gasteiger partial charge on any atom is 0.334 e. The van der Waals surface area contributed by atoms with Crippen LogP contribution in [-0.4, -0.2) is 70.5 Å². The largest absolute Gasteiger partial charge is 0.467 e. The summed E-state index contributed by atoms with van der Waals surface area (Å²) in [5.74, 6) is -1.05. The molecule has 2 fully saturated rings. The molecule has 0 spiro atoms. The molecule has 0 aromatic carbocycles. The van der Waals surface area contributed by atoms with E-state index in [2.05, 4.69) is 50.8 Å². The van der Waals surface area contributed by atoms with Crippen molar-refractivity contribution >= 4 is 14.3 Å². The third-order valence-corrected chi connectivity index (χ3v) is 11.6. The third kappa shape index (κ3) is 5.64. The number of carbonyl (C=O) groups is 1. The van der Waals surface area contributed by atoms with Crippen LogP contribution in [0.2, 0.25) is 18.1 Å². The maximum absolute atomic E-state index is 12.1. The summed E-state index contributed by atoms with van der Waals surface area (Å²) in [5.41, 5.74) is 9.33. The lowest BCUT2D eigenvalue weighted by molar-refractivity contribution is -0.366. The van der Waals surface area contributed by atoms with E-state index in [9.17, 15) is 10.3 Å². The minimum Gasteiger partial charge on any atom is -0.467 e. The summed E-state index contributed by atoms with van der Waals surface area (Å²) in [4.78, 5) is 15.1. The van der Waals surface area contributed by atoms with E-state index < -0.39 is 56.8 Å². The van der Waals surface area contributed by atoms with Crippen LogP contribution in [0.25, 0.3) is 10.4 Å². The van der Waals surface area contributed by atoms with Crippen molar-refractivity contribution in [2.75, 3.05) is 13.7 Å². The van der Waals surface area contributed by atoms with E-state index >= 15 is 0 Å². The van der Waals surface area contributed by atoms with Crippen molar-refractivity contribution in [2.45, 2.75) is 109 Å². The lowest BCUT2D eigenvalue weighted by Gasteiger charge is -2.53. The molecule has 0 amide bonds. The molecule has 10 nitrogen and oxygen atoms in total. The molecular formula is C21H39N3O7Si. The Morgan fingerprint density at radius 1 is 1.28 bits per heavy atom. The number of hydrogen-bond acceptors (Lipinski definition) is 8. The van der Waals surface area contributed by atoms with E-state index in [4.69, 9.17) is 28.1 Å². The van der Waals surface area contributed by atoms with Crippen LogP contribution < -0.4 is 0 Å². The predicted molar refractivity (Wildman–Crippen MR) is 120 cm³/mol. The SMILES string of the molecule is COC(=O)[C@@H](C)O[C@@H]1[C@@H](N=[N+]=[N-])[C@H](O[Si](C)(C)C(C)(C)C(C)C)O[C@@H]2COC(C)(C)O[C@@H]12. The van der Waals surface area contributed by atoms with Gasteiger partial charge in [0.2, 0.25) is 0 Å². The highest BCUT2D eigenvalue weighted by molar-refractivity contribution is 6.74. The first-order valence-corrected chi connectivity index (χ1v) is 14.0. The Morgan fingerprint density at radius 3 is 2.44 bits per heavy atom. The molecule has 11 heteroatoms. The smallest absolute Gasteiger partial charge is 0.334 e. The minimum atomic E-state index is -2.37. The number of methoxy groups -OCH3 is 1. The van der Waals surface area contributed by atoms with Gasteiger partial charge in [0.1, 0.15) is 24.4 Å². The number of rotatable bonds is 8. The Kier molecular flexibility index (Phi) is 8.42. The molecule has 184 valence electrons. The van der Waals surface area contributed by atoms with E-state index in [1.54, 1.807) is 20.8 Å². The van der Waals surface area contributed by atoms with Crippen LogP contribution in [0.15, 0.2) is 5.11 Å². The molecule has 0 aromatic rings. The molecule has 0 bridgehead atoms. The molecule has 0 unspecified atom stereocenters. The van der Waals surface area contributed by atoms with Gasteiger partial charge in [-0.15, -0.1) is 0 Å². The van der Waals surface area contributed by atoms with E-state index in [1.165, 1.54) is 7.11 Å². The monoisotopic (exact) mass is 473 g/mol. The van der Waals surface area contributed by atoms with E-state index in [0.717, 1.165) is 0 Å². The molecule has 32 heavy (non-hydrogen) atoms. The van der Waals surface area contributed by atoms with Gasteiger partial charge in [-0.05, 0) is 50.4 Å². The normalized spacial score (nSPS) is 31.4. The molecule has 2 saturated heterocycles. The van der Waals surface area contributed by atoms with Gasteiger partial charge in [-0.25, -0.2) is 4.79 Å². The van der Waals surface area contributed by atoms with Crippen molar-refractivity contribution in [3.8, 4) is 0 Å². The molecule has 0 aromatic heterocycles. The molecule has 0 aliphatic carbocycles. The average molecular weight is 474 g/mol. The maximum atomic E-state index is 12.1. The zero-order chi connectivity index (χ0) is 24.5. The minimum absolute atomic E-state index is 0.0919. The summed E-state index contributed by atoms with van der Waals surface area (Å²) in [7, 11) is -1.08. The molecule has 0 radical (unpaired) electrons. The summed E-state index contributed by atoms with van der Waals surface area (Å²) < 4.78 is 35.7. The number of nitrogens with zero attached hydrogens (tertiary/aromatic N) is 3. The van der Waals surface area contributed by atoms with Gasteiger partial charge in [0, 0.05) is 4.91 Å². The second kappa shape index (κ2) is 9.96. The van der Waals surface area contributed by atoms with Crippen LogP contribution in [0.1, 0.15) is 48.5 Å². The average Bonchev–Trinajstić information content (AvgIpc) is 2.69.